The molecule has 0 fully saturated rings. The van der Waals surface area contributed by atoms with Gasteiger partial charge in [-0.3, -0.25) is 9.59 Å². The van der Waals surface area contributed by atoms with Crippen molar-refractivity contribution in [2.24, 2.45) is 0 Å². The van der Waals surface area contributed by atoms with E-state index in [0.717, 1.165) is 5.56 Å². The first kappa shape index (κ1) is 13.0. The average molecular weight is 254 g/mol. The van der Waals surface area contributed by atoms with E-state index in [1.807, 2.05) is 30.3 Å². The smallest absolute Gasteiger partial charge is 0.308 e. The number of esters is 1. The third-order valence-corrected chi connectivity index (χ3v) is 2.65. The zero-order chi connectivity index (χ0) is 13.7. The summed E-state index contributed by atoms with van der Waals surface area (Å²) in [6.45, 7) is 1.34. The van der Waals surface area contributed by atoms with Gasteiger partial charge < -0.3 is 4.74 Å². The van der Waals surface area contributed by atoms with E-state index in [-0.39, 0.29) is 11.8 Å². The van der Waals surface area contributed by atoms with Crippen LogP contribution in [0.5, 0.6) is 5.75 Å². The van der Waals surface area contributed by atoms with Crippen molar-refractivity contribution in [2.75, 3.05) is 0 Å². The van der Waals surface area contributed by atoms with Crippen LogP contribution in [-0.4, -0.2) is 11.8 Å². The highest BCUT2D eigenvalue weighted by molar-refractivity contribution is 5.97. The molecular weight excluding hydrogens is 240 g/mol. The van der Waals surface area contributed by atoms with Crippen LogP contribution in [-0.2, 0) is 11.2 Å². The van der Waals surface area contributed by atoms with Crippen molar-refractivity contribution < 1.29 is 14.3 Å². The molecule has 0 aliphatic heterocycles. The number of rotatable bonds is 4. The molecule has 0 aromatic heterocycles. The van der Waals surface area contributed by atoms with Gasteiger partial charge in [-0.05, 0) is 29.8 Å². The van der Waals surface area contributed by atoms with Crippen LogP contribution in [0, 0.1) is 0 Å². The normalized spacial score (nSPS) is 9.95. The van der Waals surface area contributed by atoms with Crippen LogP contribution in [0.3, 0.4) is 0 Å². The van der Waals surface area contributed by atoms with E-state index in [0.29, 0.717) is 17.7 Å². The highest BCUT2D eigenvalue weighted by Gasteiger charge is 2.07. The van der Waals surface area contributed by atoms with Crippen LogP contribution in [0.25, 0.3) is 0 Å². The molecule has 3 nitrogen and oxygen atoms in total. The number of carbonyl (C=O) groups is 2. The molecular formula is C16H14O3. The Morgan fingerprint density at radius 2 is 1.58 bits per heavy atom. The lowest BCUT2D eigenvalue weighted by Crippen LogP contribution is -2.04. The largest absolute Gasteiger partial charge is 0.427 e. The van der Waals surface area contributed by atoms with E-state index >= 15 is 0 Å². The third-order valence-electron chi connectivity index (χ3n) is 2.65. The number of benzene rings is 2. The van der Waals surface area contributed by atoms with Crippen molar-refractivity contribution in [1.82, 2.24) is 0 Å². The lowest BCUT2D eigenvalue weighted by atomic mass is 10.0. The molecule has 0 radical (unpaired) electrons. The van der Waals surface area contributed by atoms with Gasteiger partial charge in [0.1, 0.15) is 5.75 Å². The van der Waals surface area contributed by atoms with Gasteiger partial charge in [0.05, 0.1) is 0 Å². The van der Waals surface area contributed by atoms with Gasteiger partial charge in [-0.2, -0.15) is 0 Å². The maximum Gasteiger partial charge on any atom is 0.308 e. The van der Waals surface area contributed by atoms with Gasteiger partial charge in [-0.15, -0.1) is 0 Å². The van der Waals surface area contributed by atoms with Crippen molar-refractivity contribution >= 4 is 11.8 Å². The summed E-state index contributed by atoms with van der Waals surface area (Å²) in [5.74, 6) is 0.118. The molecule has 0 atom stereocenters. The Balaban J connectivity index is 2.05. The molecule has 96 valence electrons. The molecule has 3 heteroatoms. The van der Waals surface area contributed by atoms with Crippen molar-refractivity contribution in [2.45, 2.75) is 13.3 Å². The zero-order valence-electron chi connectivity index (χ0n) is 10.6. The first-order chi connectivity index (χ1) is 9.15. The molecule has 0 N–H and O–H groups in total. The molecule has 0 saturated heterocycles. The maximum absolute atomic E-state index is 12.0. The molecule has 0 amide bonds. The van der Waals surface area contributed by atoms with E-state index in [1.165, 1.54) is 6.92 Å². The monoisotopic (exact) mass is 254 g/mol. The number of ketones is 1. The molecule has 0 aliphatic carbocycles. The second-order valence-corrected chi connectivity index (χ2v) is 4.20. The van der Waals surface area contributed by atoms with E-state index < -0.39 is 0 Å². The third kappa shape index (κ3) is 3.78. The Labute approximate surface area is 111 Å². The summed E-state index contributed by atoms with van der Waals surface area (Å²) >= 11 is 0. The summed E-state index contributed by atoms with van der Waals surface area (Å²) in [6.07, 6.45) is 0.369. The van der Waals surface area contributed by atoms with Crippen LogP contribution in [0.15, 0.2) is 54.6 Å². The average Bonchev–Trinajstić information content (AvgIpc) is 2.40. The fraction of sp³-hybridized carbons (Fsp3) is 0.125. The van der Waals surface area contributed by atoms with E-state index in [1.54, 1.807) is 24.3 Å². The van der Waals surface area contributed by atoms with Gasteiger partial charge in [-0.25, -0.2) is 0 Å². The number of carbonyl (C=O) groups excluding carboxylic acids is 2. The number of hydrogen-bond acceptors (Lipinski definition) is 3. The molecule has 0 saturated carbocycles. The Kier molecular flexibility index (Phi) is 4.08. The van der Waals surface area contributed by atoms with E-state index in [2.05, 4.69) is 0 Å². The summed E-state index contributed by atoms with van der Waals surface area (Å²) in [4.78, 5) is 22.8. The fourth-order valence-corrected chi connectivity index (χ4v) is 1.76. The van der Waals surface area contributed by atoms with Crippen molar-refractivity contribution in [1.29, 1.82) is 0 Å². The first-order valence-electron chi connectivity index (χ1n) is 6.01. The van der Waals surface area contributed by atoms with E-state index in [4.69, 9.17) is 4.74 Å². The van der Waals surface area contributed by atoms with Gasteiger partial charge in [0.25, 0.3) is 0 Å². The second-order valence-electron chi connectivity index (χ2n) is 4.20. The van der Waals surface area contributed by atoms with Crippen LogP contribution in [0.2, 0.25) is 0 Å². The summed E-state index contributed by atoms with van der Waals surface area (Å²) in [5, 5.41) is 0. The fourth-order valence-electron chi connectivity index (χ4n) is 1.76. The van der Waals surface area contributed by atoms with Crippen LogP contribution < -0.4 is 4.74 Å². The molecule has 0 aliphatic rings. The Hall–Kier alpha value is -2.42. The molecule has 0 bridgehead atoms. The molecule has 2 rings (SSSR count). The Morgan fingerprint density at radius 3 is 2.16 bits per heavy atom. The number of Topliss-reactive ketones (excluding diaryl/α,β-unsaturated/α-hetero) is 1. The molecule has 0 spiro atoms. The van der Waals surface area contributed by atoms with Crippen LogP contribution >= 0.6 is 0 Å². The van der Waals surface area contributed by atoms with Crippen LogP contribution in [0.1, 0.15) is 22.8 Å². The standard InChI is InChI=1S/C16H14O3/c1-12(17)19-15-9-7-14(8-10-15)16(18)11-13-5-3-2-4-6-13/h2-10H,11H2,1H3. The minimum atomic E-state index is -0.372. The van der Waals surface area contributed by atoms with Gasteiger partial charge >= 0.3 is 5.97 Å². The number of hydrogen-bond donors (Lipinski definition) is 0. The van der Waals surface area contributed by atoms with Crippen molar-refractivity contribution in [3.05, 3.63) is 65.7 Å². The highest BCUT2D eigenvalue weighted by Crippen LogP contribution is 2.14. The summed E-state index contributed by atoms with van der Waals surface area (Å²) in [5.41, 5.74) is 1.59. The molecule has 19 heavy (non-hydrogen) atoms. The van der Waals surface area contributed by atoms with Gasteiger partial charge in [0, 0.05) is 18.9 Å². The van der Waals surface area contributed by atoms with Gasteiger partial charge in [-0.1, -0.05) is 30.3 Å². The molecule has 0 unspecified atom stereocenters. The lowest BCUT2D eigenvalue weighted by molar-refractivity contribution is -0.131. The van der Waals surface area contributed by atoms with Crippen LogP contribution in [0.4, 0.5) is 0 Å². The summed E-state index contributed by atoms with van der Waals surface area (Å²) in [6, 6.07) is 16.2. The molecule has 2 aromatic carbocycles. The predicted molar refractivity (Wildman–Crippen MR) is 72.2 cm³/mol. The number of ether oxygens (including phenoxy) is 1. The zero-order valence-corrected chi connectivity index (χ0v) is 10.6. The second kappa shape index (κ2) is 5.96. The summed E-state index contributed by atoms with van der Waals surface area (Å²) in [7, 11) is 0. The Bertz CT molecular complexity index is 571. The quantitative estimate of drug-likeness (QED) is 0.478. The SMILES string of the molecule is CC(=O)Oc1ccc(C(=O)Cc2ccccc2)cc1. The maximum atomic E-state index is 12.0. The van der Waals surface area contributed by atoms with E-state index in [9.17, 15) is 9.59 Å². The first-order valence-corrected chi connectivity index (χ1v) is 6.01. The highest BCUT2D eigenvalue weighted by atomic mass is 16.5. The predicted octanol–water partition coefficient (Wildman–Crippen LogP) is 3.04. The minimum Gasteiger partial charge on any atom is -0.427 e. The van der Waals surface area contributed by atoms with Crippen molar-refractivity contribution in [3.8, 4) is 5.75 Å². The topological polar surface area (TPSA) is 43.4 Å². The Morgan fingerprint density at radius 1 is 0.947 bits per heavy atom. The molecule has 0 heterocycles. The van der Waals surface area contributed by atoms with Gasteiger partial charge in [0.2, 0.25) is 0 Å². The minimum absolute atomic E-state index is 0.0422. The van der Waals surface area contributed by atoms with Crippen molar-refractivity contribution in [3.63, 3.8) is 0 Å². The molecule has 2 aromatic rings. The lowest BCUT2D eigenvalue weighted by Gasteiger charge is -2.04. The summed E-state index contributed by atoms with van der Waals surface area (Å²) < 4.78 is 4.92. The van der Waals surface area contributed by atoms with Gasteiger partial charge in [0.15, 0.2) is 5.78 Å².